The lowest BCUT2D eigenvalue weighted by molar-refractivity contribution is -0.385. The van der Waals surface area contributed by atoms with Gasteiger partial charge in [-0.2, -0.15) is 0 Å². The van der Waals surface area contributed by atoms with Crippen LogP contribution >= 0.6 is 0 Å². The number of hydrogen-bond donors (Lipinski definition) is 1. The molecule has 0 aliphatic carbocycles. The maximum Gasteiger partial charge on any atom is 0.291 e. The third-order valence-electron chi connectivity index (χ3n) is 4.97. The van der Waals surface area contributed by atoms with Crippen molar-refractivity contribution in [1.29, 1.82) is 0 Å². The van der Waals surface area contributed by atoms with E-state index in [0.29, 0.717) is 23.0 Å². The molecule has 12 nitrogen and oxygen atoms in total. The number of anilines is 1. The summed E-state index contributed by atoms with van der Waals surface area (Å²) in [6.45, 7) is -0.0260. The van der Waals surface area contributed by atoms with Gasteiger partial charge in [0, 0.05) is 24.3 Å². The Morgan fingerprint density at radius 2 is 1.46 bits per heavy atom. The van der Waals surface area contributed by atoms with Gasteiger partial charge in [-0.25, -0.2) is 0 Å². The molecule has 0 atom stereocenters. The van der Waals surface area contributed by atoms with Gasteiger partial charge in [0.25, 0.3) is 17.3 Å². The molecule has 0 fully saturated rings. The van der Waals surface area contributed by atoms with Gasteiger partial charge in [0.1, 0.15) is 35.4 Å². The fourth-order valence-electron chi connectivity index (χ4n) is 3.19. The second kappa shape index (κ2) is 10.9. The Balaban J connectivity index is 1.43. The highest BCUT2D eigenvalue weighted by atomic mass is 16.6. The number of non-ortho nitro benzene ring substituents is 2. The Morgan fingerprint density at radius 1 is 0.811 bits per heavy atom. The van der Waals surface area contributed by atoms with Crippen LogP contribution in [0.4, 0.5) is 17.1 Å². The maximum absolute atomic E-state index is 12.7. The molecular weight excluding hydrogens is 486 g/mol. The van der Waals surface area contributed by atoms with Crippen LogP contribution in [-0.4, -0.2) is 22.9 Å². The van der Waals surface area contributed by atoms with E-state index in [2.05, 4.69) is 5.32 Å². The normalized spacial score (nSPS) is 10.4. The highest BCUT2D eigenvalue weighted by Crippen LogP contribution is 2.31. The summed E-state index contributed by atoms with van der Waals surface area (Å²) >= 11 is 0. The number of ether oxygens (including phenoxy) is 3. The highest BCUT2D eigenvalue weighted by Gasteiger charge is 2.16. The molecule has 0 unspecified atom stereocenters. The Bertz CT molecular complexity index is 1430. The molecule has 188 valence electrons. The van der Waals surface area contributed by atoms with Crippen molar-refractivity contribution in [3.8, 4) is 23.0 Å². The van der Waals surface area contributed by atoms with E-state index in [9.17, 15) is 25.0 Å². The topological polar surface area (TPSA) is 156 Å². The van der Waals surface area contributed by atoms with Gasteiger partial charge in [-0.3, -0.25) is 25.0 Å². The number of furan rings is 1. The summed E-state index contributed by atoms with van der Waals surface area (Å²) in [6, 6.07) is 19.0. The average Bonchev–Trinajstić information content (AvgIpc) is 3.37. The Morgan fingerprint density at radius 3 is 2.11 bits per heavy atom. The van der Waals surface area contributed by atoms with Gasteiger partial charge in [0.05, 0.1) is 28.7 Å². The maximum atomic E-state index is 12.7. The van der Waals surface area contributed by atoms with Crippen molar-refractivity contribution >= 4 is 23.0 Å². The third kappa shape index (κ3) is 6.39. The van der Waals surface area contributed by atoms with Crippen molar-refractivity contribution in [2.24, 2.45) is 0 Å². The van der Waals surface area contributed by atoms with Gasteiger partial charge in [0.2, 0.25) is 0 Å². The van der Waals surface area contributed by atoms with Crippen molar-refractivity contribution in [2.75, 3.05) is 12.4 Å². The summed E-state index contributed by atoms with van der Waals surface area (Å²) in [6.07, 6.45) is 0. The minimum Gasteiger partial charge on any atom is -0.497 e. The van der Waals surface area contributed by atoms with Gasteiger partial charge < -0.3 is 23.9 Å². The highest BCUT2D eigenvalue weighted by molar-refractivity contribution is 6.02. The van der Waals surface area contributed by atoms with E-state index in [0.717, 1.165) is 0 Å². The largest absolute Gasteiger partial charge is 0.497 e. The summed E-state index contributed by atoms with van der Waals surface area (Å²) in [7, 11) is 1.53. The smallest absolute Gasteiger partial charge is 0.291 e. The lowest BCUT2D eigenvalue weighted by Crippen LogP contribution is -2.11. The van der Waals surface area contributed by atoms with Crippen molar-refractivity contribution in [1.82, 2.24) is 0 Å². The summed E-state index contributed by atoms with van der Waals surface area (Å²) in [5, 5.41) is 24.7. The molecule has 1 heterocycles. The second-order valence-electron chi connectivity index (χ2n) is 7.51. The predicted octanol–water partition coefficient (Wildman–Crippen LogP) is 5.73. The number of carbonyl (C=O) groups excluding carboxylic acids is 1. The van der Waals surface area contributed by atoms with E-state index in [1.807, 2.05) is 0 Å². The molecule has 0 radical (unpaired) electrons. The molecule has 3 aromatic carbocycles. The number of nitro groups is 2. The molecular formula is C25H19N3O9. The van der Waals surface area contributed by atoms with E-state index in [1.54, 1.807) is 24.3 Å². The molecule has 1 amide bonds. The fraction of sp³-hybridized carbons (Fsp3) is 0.0800. The minimum atomic E-state index is -0.641. The molecule has 1 N–H and O–H groups in total. The van der Waals surface area contributed by atoms with Crippen molar-refractivity contribution in [2.45, 2.75) is 6.61 Å². The van der Waals surface area contributed by atoms with Crippen LogP contribution in [0, 0.1) is 20.2 Å². The van der Waals surface area contributed by atoms with Crippen molar-refractivity contribution in [3.63, 3.8) is 0 Å². The van der Waals surface area contributed by atoms with Crippen LogP contribution in [0.3, 0.4) is 0 Å². The van der Waals surface area contributed by atoms with E-state index in [4.69, 9.17) is 18.6 Å². The van der Waals surface area contributed by atoms with Gasteiger partial charge >= 0.3 is 0 Å². The number of nitro benzene ring substituents is 2. The molecule has 4 rings (SSSR count). The minimum absolute atomic E-state index is 0.0260. The first-order chi connectivity index (χ1) is 17.8. The zero-order valence-electron chi connectivity index (χ0n) is 19.3. The summed E-state index contributed by atoms with van der Waals surface area (Å²) < 4.78 is 21.8. The van der Waals surface area contributed by atoms with Crippen molar-refractivity contribution < 1.29 is 33.3 Å². The zero-order chi connectivity index (χ0) is 26.4. The molecule has 0 aliphatic heterocycles. The predicted molar refractivity (Wildman–Crippen MR) is 130 cm³/mol. The van der Waals surface area contributed by atoms with Gasteiger partial charge in [0.15, 0.2) is 5.76 Å². The number of rotatable bonds is 10. The van der Waals surface area contributed by atoms with Gasteiger partial charge in [-0.15, -0.1) is 0 Å². The quantitative estimate of drug-likeness (QED) is 0.210. The Hall–Kier alpha value is -5.39. The number of nitrogens with one attached hydrogen (secondary N) is 1. The van der Waals surface area contributed by atoms with Crippen LogP contribution < -0.4 is 19.5 Å². The number of benzene rings is 3. The van der Waals surface area contributed by atoms with Gasteiger partial charge in [-0.1, -0.05) is 0 Å². The summed E-state index contributed by atoms with van der Waals surface area (Å²) in [4.78, 5) is 33.7. The number of methoxy groups -OCH3 is 1. The lowest BCUT2D eigenvalue weighted by Gasteiger charge is -2.09. The van der Waals surface area contributed by atoms with Crippen molar-refractivity contribution in [3.05, 3.63) is 111 Å². The van der Waals surface area contributed by atoms with Crippen LogP contribution in [-0.2, 0) is 6.61 Å². The Labute approximate surface area is 209 Å². The summed E-state index contributed by atoms with van der Waals surface area (Å²) in [5.74, 6) is 1.20. The van der Waals surface area contributed by atoms with E-state index in [-0.39, 0.29) is 35.2 Å². The molecule has 0 spiro atoms. The second-order valence-corrected chi connectivity index (χ2v) is 7.51. The van der Waals surface area contributed by atoms with E-state index in [1.165, 1.54) is 61.7 Å². The SMILES string of the molecule is COc1ccc(Oc2cc(NC(=O)c3ccc(COc4ccc([N+](=O)[O-])cc4)o3)cc([N+](=O)[O-])c2)cc1. The molecule has 0 aliphatic rings. The van der Waals surface area contributed by atoms with Crippen LogP contribution in [0.5, 0.6) is 23.0 Å². The van der Waals surface area contributed by atoms with Crippen LogP contribution in [0.15, 0.2) is 83.3 Å². The molecule has 37 heavy (non-hydrogen) atoms. The van der Waals surface area contributed by atoms with Crippen LogP contribution in [0.2, 0.25) is 0 Å². The van der Waals surface area contributed by atoms with Crippen LogP contribution in [0.1, 0.15) is 16.3 Å². The Kier molecular flexibility index (Phi) is 7.29. The van der Waals surface area contributed by atoms with E-state index >= 15 is 0 Å². The summed E-state index contributed by atoms with van der Waals surface area (Å²) in [5.41, 5.74) is -0.219. The molecule has 0 bridgehead atoms. The monoisotopic (exact) mass is 505 g/mol. The third-order valence-corrected chi connectivity index (χ3v) is 4.97. The standard InChI is InChI=1S/C25H19N3O9/c1-34-19-6-8-21(9-7-19)36-23-13-16(12-18(14-23)28(32)33)26-25(29)24-11-10-22(37-24)15-35-20-4-2-17(3-5-20)27(30)31/h2-14H,15H2,1H3,(H,26,29). The molecule has 4 aromatic rings. The number of carbonyl (C=O) groups is 1. The van der Waals surface area contributed by atoms with Crippen LogP contribution in [0.25, 0.3) is 0 Å². The first kappa shape index (κ1) is 24.7. The fourth-order valence-corrected chi connectivity index (χ4v) is 3.19. The molecule has 0 saturated heterocycles. The first-order valence-corrected chi connectivity index (χ1v) is 10.7. The van der Waals surface area contributed by atoms with Gasteiger partial charge in [-0.05, 0) is 48.5 Å². The molecule has 12 heteroatoms. The first-order valence-electron chi connectivity index (χ1n) is 10.7. The van der Waals surface area contributed by atoms with E-state index < -0.39 is 15.8 Å². The lowest BCUT2D eigenvalue weighted by atomic mass is 10.2. The molecule has 1 aromatic heterocycles. The number of amides is 1. The average molecular weight is 505 g/mol. The number of hydrogen-bond acceptors (Lipinski definition) is 9. The molecule has 0 saturated carbocycles. The zero-order valence-corrected chi connectivity index (χ0v) is 19.3. The number of nitrogens with zero attached hydrogens (tertiary/aromatic N) is 2.